The fourth-order valence-corrected chi connectivity index (χ4v) is 3.59. The number of hydrogen-bond donors (Lipinski definition) is 1. The van der Waals surface area contributed by atoms with Crippen molar-refractivity contribution in [3.8, 4) is 5.95 Å². The van der Waals surface area contributed by atoms with Crippen LogP contribution in [0.5, 0.6) is 0 Å². The first-order valence-electron chi connectivity index (χ1n) is 10.00. The van der Waals surface area contributed by atoms with Gasteiger partial charge in [0.25, 0.3) is 5.95 Å². The maximum atomic E-state index is 12.5. The lowest BCUT2D eigenvalue weighted by atomic mass is 10.1. The summed E-state index contributed by atoms with van der Waals surface area (Å²) in [6.45, 7) is 18.0. The average molecular weight is 387 g/mol. The summed E-state index contributed by atoms with van der Waals surface area (Å²) >= 11 is 0. The maximum absolute atomic E-state index is 12.5. The van der Waals surface area contributed by atoms with Crippen LogP contribution in [0.15, 0.2) is 6.07 Å². The van der Waals surface area contributed by atoms with Crippen molar-refractivity contribution < 1.29 is 4.79 Å². The minimum Gasteiger partial charge on any atom is -0.355 e. The molecule has 0 aromatic carbocycles. The van der Waals surface area contributed by atoms with Crippen LogP contribution in [-0.4, -0.2) is 55.7 Å². The molecule has 28 heavy (non-hydrogen) atoms. The van der Waals surface area contributed by atoms with Gasteiger partial charge in [-0.3, -0.25) is 9.69 Å². The minimum absolute atomic E-state index is 0.0135. The van der Waals surface area contributed by atoms with E-state index in [1.54, 1.807) is 4.68 Å². The van der Waals surface area contributed by atoms with Gasteiger partial charge >= 0.3 is 0 Å². The summed E-state index contributed by atoms with van der Waals surface area (Å²) in [5.41, 5.74) is 4.47. The molecule has 7 heteroatoms. The van der Waals surface area contributed by atoms with E-state index in [2.05, 4.69) is 53.0 Å². The highest BCUT2D eigenvalue weighted by molar-refractivity contribution is 5.79. The van der Waals surface area contributed by atoms with E-state index in [1.807, 2.05) is 33.8 Å². The van der Waals surface area contributed by atoms with Gasteiger partial charge in [0.2, 0.25) is 5.91 Å². The van der Waals surface area contributed by atoms with Crippen molar-refractivity contribution >= 4 is 5.91 Å². The molecule has 2 aromatic rings. The first-order chi connectivity index (χ1) is 13.1. The molecule has 2 heterocycles. The molecule has 0 radical (unpaired) electrons. The molecule has 0 fully saturated rings. The van der Waals surface area contributed by atoms with Crippen LogP contribution in [-0.2, 0) is 11.2 Å². The Hall–Kier alpha value is -2.28. The van der Waals surface area contributed by atoms with E-state index in [-0.39, 0.29) is 5.91 Å². The van der Waals surface area contributed by atoms with Gasteiger partial charge in [0, 0.05) is 47.8 Å². The Balaban J connectivity index is 2.06. The zero-order valence-electron chi connectivity index (χ0n) is 18.5. The van der Waals surface area contributed by atoms with E-state index >= 15 is 0 Å². The molecule has 0 aliphatic carbocycles. The van der Waals surface area contributed by atoms with Crippen molar-refractivity contribution in [3.05, 3.63) is 34.4 Å². The van der Waals surface area contributed by atoms with Gasteiger partial charge in [0.15, 0.2) is 0 Å². The van der Waals surface area contributed by atoms with Crippen molar-refractivity contribution in [3.63, 3.8) is 0 Å². The standard InChI is InChI=1S/C21H34N6O/c1-13(2)26(14(3)4)10-9-22-20(28)12-19-17(7)25-27(18(19)8)21-23-15(5)11-16(6)24-21/h11,13-14H,9-10,12H2,1-8H3,(H,22,28). The van der Waals surface area contributed by atoms with Crippen molar-refractivity contribution in [1.82, 2.24) is 30.0 Å². The van der Waals surface area contributed by atoms with E-state index in [9.17, 15) is 4.79 Å². The van der Waals surface area contributed by atoms with Crippen LogP contribution in [0.2, 0.25) is 0 Å². The van der Waals surface area contributed by atoms with Crippen LogP contribution in [0.3, 0.4) is 0 Å². The lowest BCUT2D eigenvalue weighted by molar-refractivity contribution is -0.120. The molecule has 154 valence electrons. The van der Waals surface area contributed by atoms with Crippen LogP contribution in [0.25, 0.3) is 5.95 Å². The van der Waals surface area contributed by atoms with Crippen LogP contribution in [0.4, 0.5) is 0 Å². The van der Waals surface area contributed by atoms with E-state index < -0.39 is 0 Å². The van der Waals surface area contributed by atoms with Gasteiger partial charge in [-0.1, -0.05) is 0 Å². The zero-order valence-corrected chi connectivity index (χ0v) is 18.5. The second kappa shape index (κ2) is 9.28. The number of nitrogens with one attached hydrogen (secondary N) is 1. The molecule has 0 aliphatic heterocycles. The molecule has 1 amide bonds. The highest BCUT2D eigenvalue weighted by atomic mass is 16.1. The SMILES string of the molecule is Cc1cc(C)nc(-n2nc(C)c(CC(=O)NCCN(C(C)C)C(C)C)c2C)n1. The molecule has 0 aliphatic rings. The highest BCUT2D eigenvalue weighted by Crippen LogP contribution is 2.17. The first-order valence-corrected chi connectivity index (χ1v) is 10.00. The number of hydrogen-bond acceptors (Lipinski definition) is 5. The van der Waals surface area contributed by atoms with Gasteiger partial charge in [0.05, 0.1) is 12.1 Å². The second-order valence-corrected chi connectivity index (χ2v) is 7.96. The molecule has 7 nitrogen and oxygen atoms in total. The predicted octanol–water partition coefficient (Wildman–Crippen LogP) is 2.67. The lowest BCUT2D eigenvalue weighted by Crippen LogP contribution is -2.42. The zero-order chi connectivity index (χ0) is 21.0. The van der Waals surface area contributed by atoms with E-state index in [1.165, 1.54) is 0 Å². The topological polar surface area (TPSA) is 75.9 Å². The Morgan fingerprint density at radius 2 is 1.64 bits per heavy atom. The second-order valence-electron chi connectivity index (χ2n) is 7.96. The normalized spacial score (nSPS) is 11.7. The third-order valence-electron chi connectivity index (χ3n) is 4.96. The third kappa shape index (κ3) is 5.38. The fourth-order valence-electron chi connectivity index (χ4n) is 3.59. The Bertz CT molecular complexity index is 796. The molecule has 2 rings (SSSR count). The summed E-state index contributed by atoms with van der Waals surface area (Å²) in [5, 5.41) is 7.62. The lowest BCUT2D eigenvalue weighted by Gasteiger charge is -2.30. The van der Waals surface area contributed by atoms with Gasteiger partial charge in [-0.25, -0.2) is 14.6 Å². The summed E-state index contributed by atoms with van der Waals surface area (Å²) in [5.74, 6) is 0.564. The van der Waals surface area contributed by atoms with Crippen LogP contribution < -0.4 is 5.32 Å². The summed E-state index contributed by atoms with van der Waals surface area (Å²) in [7, 11) is 0. The number of aromatic nitrogens is 4. The smallest absolute Gasteiger partial charge is 0.251 e. The molecule has 0 atom stereocenters. The van der Waals surface area contributed by atoms with E-state index in [0.717, 1.165) is 34.9 Å². The molecule has 0 spiro atoms. The van der Waals surface area contributed by atoms with Crippen LogP contribution >= 0.6 is 0 Å². The Kier molecular flexibility index (Phi) is 7.29. The summed E-state index contributed by atoms with van der Waals surface area (Å²) < 4.78 is 1.73. The quantitative estimate of drug-likeness (QED) is 0.755. The van der Waals surface area contributed by atoms with Gasteiger partial charge in [-0.15, -0.1) is 0 Å². The van der Waals surface area contributed by atoms with Crippen molar-refractivity contribution in [2.45, 2.75) is 73.9 Å². The van der Waals surface area contributed by atoms with Crippen LogP contribution in [0.1, 0.15) is 56.0 Å². The maximum Gasteiger partial charge on any atom is 0.251 e. The van der Waals surface area contributed by atoms with Crippen molar-refractivity contribution in [2.24, 2.45) is 0 Å². The molecule has 0 bridgehead atoms. The summed E-state index contributed by atoms with van der Waals surface area (Å²) in [6.07, 6.45) is 0.311. The molecule has 1 N–H and O–H groups in total. The van der Waals surface area contributed by atoms with E-state index in [4.69, 9.17) is 0 Å². The molecule has 0 unspecified atom stereocenters. The number of amides is 1. The Morgan fingerprint density at radius 3 is 2.18 bits per heavy atom. The highest BCUT2D eigenvalue weighted by Gasteiger charge is 2.18. The summed E-state index contributed by atoms with van der Waals surface area (Å²) in [4.78, 5) is 23.8. The number of carbonyl (C=O) groups excluding carboxylic acids is 1. The molecular formula is C21H34N6O. The molecule has 2 aromatic heterocycles. The molecule has 0 saturated heterocycles. The van der Waals surface area contributed by atoms with Crippen LogP contribution in [0, 0.1) is 27.7 Å². The van der Waals surface area contributed by atoms with Crippen molar-refractivity contribution in [1.29, 1.82) is 0 Å². The van der Waals surface area contributed by atoms with E-state index in [0.29, 0.717) is 31.0 Å². The van der Waals surface area contributed by atoms with Gasteiger partial charge in [0.1, 0.15) is 0 Å². The molecule has 0 saturated carbocycles. The Morgan fingerprint density at radius 1 is 1.07 bits per heavy atom. The average Bonchev–Trinajstić information content (AvgIpc) is 2.85. The van der Waals surface area contributed by atoms with Gasteiger partial charge < -0.3 is 5.32 Å². The predicted molar refractivity (Wildman–Crippen MR) is 112 cm³/mol. The number of rotatable bonds is 8. The fraction of sp³-hybridized carbons (Fsp3) is 0.619. The number of aryl methyl sites for hydroxylation is 3. The largest absolute Gasteiger partial charge is 0.355 e. The van der Waals surface area contributed by atoms with Gasteiger partial charge in [-0.2, -0.15) is 5.10 Å². The summed E-state index contributed by atoms with van der Waals surface area (Å²) in [6, 6.07) is 2.84. The minimum atomic E-state index is 0.0135. The Labute approximate surface area is 168 Å². The first kappa shape index (κ1) is 22.0. The molecular weight excluding hydrogens is 352 g/mol. The van der Waals surface area contributed by atoms with Crippen molar-refractivity contribution in [2.75, 3.05) is 13.1 Å². The third-order valence-corrected chi connectivity index (χ3v) is 4.96. The monoisotopic (exact) mass is 386 g/mol. The number of carbonyl (C=O) groups is 1. The van der Waals surface area contributed by atoms with Gasteiger partial charge in [-0.05, 0) is 61.5 Å². The number of nitrogens with zero attached hydrogens (tertiary/aromatic N) is 5.